The number of imidazole rings is 1. The van der Waals surface area contributed by atoms with Crippen LogP contribution in [0, 0.1) is 5.41 Å². The number of rotatable bonds is 4. The fourth-order valence-electron chi connectivity index (χ4n) is 1.54. The van der Waals surface area contributed by atoms with Gasteiger partial charge in [-0.3, -0.25) is 9.36 Å². The molecule has 0 aliphatic rings. The number of likely N-dealkylation sites (N-methyl/N-ethyl adjacent to an activating group) is 1. The van der Waals surface area contributed by atoms with E-state index in [4.69, 9.17) is 5.73 Å². The number of amides is 1. The van der Waals surface area contributed by atoms with Crippen LogP contribution in [0.25, 0.3) is 0 Å². The molecule has 108 valence electrons. The number of hydrogen-bond acceptors (Lipinski definition) is 3. The lowest BCUT2D eigenvalue weighted by molar-refractivity contribution is -0.134. The van der Waals surface area contributed by atoms with Crippen molar-refractivity contribution in [2.75, 3.05) is 7.05 Å². The lowest BCUT2D eigenvalue weighted by Gasteiger charge is -2.29. The highest BCUT2D eigenvalue weighted by Crippen LogP contribution is 2.20. The zero-order valence-electron chi connectivity index (χ0n) is 11.6. The van der Waals surface area contributed by atoms with Crippen LogP contribution < -0.4 is 5.73 Å². The van der Waals surface area contributed by atoms with E-state index in [0.717, 1.165) is 4.57 Å². The molecule has 2 N–H and O–H groups in total. The van der Waals surface area contributed by atoms with Crippen LogP contribution in [0.5, 0.6) is 0 Å². The summed E-state index contributed by atoms with van der Waals surface area (Å²) in [6.07, 6.45) is 2.46. The number of aromatic nitrogens is 2. The number of nitrogens with zero attached hydrogens (tertiary/aromatic N) is 3. The Hall–Kier alpha value is -1.50. The van der Waals surface area contributed by atoms with Crippen LogP contribution in [0.4, 0.5) is 8.78 Å². The van der Waals surface area contributed by atoms with Gasteiger partial charge in [-0.15, -0.1) is 0 Å². The third kappa shape index (κ3) is 3.73. The molecule has 0 fully saturated rings. The lowest BCUT2D eigenvalue weighted by Crippen LogP contribution is -2.49. The fraction of sp³-hybridized carbons (Fsp3) is 0.667. The average Bonchev–Trinajstić information content (AvgIpc) is 2.73. The predicted molar refractivity (Wildman–Crippen MR) is 67.4 cm³/mol. The standard InChI is InChI=1S/C12H20F2N4O/c1-12(2,3)9(15)10(19)17(4)7-8-16-5-6-18(8)11(13)14/h5-6,9,11H,7,15H2,1-4H3/t9-/m1/s1. The largest absolute Gasteiger partial charge is 0.337 e. The molecule has 1 amide bonds. The summed E-state index contributed by atoms with van der Waals surface area (Å²) in [6.45, 7) is 2.88. The molecule has 5 nitrogen and oxygen atoms in total. The van der Waals surface area contributed by atoms with Gasteiger partial charge in [-0.05, 0) is 5.41 Å². The van der Waals surface area contributed by atoms with Gasteiger partial charge in [0.15, 0.2) is 0 Å². The molecule has 1 rings (SSSR count). The first-order valence-electron chi connectivity index (χ1n) is 5.95. The Morgan fingerprint density at radius 3 is 2.58 bits per heavy atom. The maximum Gasteiger partial charge on any atom is 0.319 e. The summed E-state index contributed by atoms with van der Waals surface area (Å²) in [6, 6.07) is -0.688. The van der Waals surface area contributed by atoms with E-state index < -0.39 is 12.6 Å². The Morgan fingerprint density at radius 2 is 2.11 bits per heavy atom. The first kappa shape index (κ1) is 15.6. The van der Waals surface area contributed by atoms with Crippen molar-refractivity contribution in [1.29, 1.82) is 0 Å². The number of alkyl halides is 2. The highest BCUT2D eigenvalue weighted by molar-refractivity contribution is 5.82. The molecule has 0 saturated carbocycles. The lowest BCUT2D eigenvalue weighted by atomic mass is 9.86. The number of halogens is 2. The van der Waals surface area contributed by atoms with Gasteiger partial charge in [-0.25, -0.2) is 4.98 Å². The molecule has 0 radical (unpaired) electrons. The third-order valence-corrected chi connectivity index (χ3v) is 2.91. The minimum atomic E-state index is -2.67. The Morgan fingerprint density at radius 1 is 1.53 bits per heavy atom. The molecule has 0 aromatic carbocycles. The maximum absolute atomic E-state index is 12.7. The topological polar surface area (TPSA) is 64.2 Å². The first-order valence-corrected chi connectivity index (χ1v) is 5.95. The van der Waals surface area contributed by atoms with Crippen molar-refractivity contribution in [2.24, 2.45) is 11.1 Å². The van der Waals surface area contributed by atoms with Gasteiger partial charge in [0, 0.05) is 19.4 Å². The maximum atomic E-state index is 12.7. The predicted octanol–water partition coefficient (Wildman–Crippen LogP) is 1.61. The number of hydrogen-bond donors (Lipinski definition) is 1. The second-order valence-corrected chi connectivity index (χ2v) is 5.57. The number of nitrogens with two attached hydrogens (primary N) is 1. The van der Waals surface area contributed by atoms with Gasteiger partial charge < -0.3 is 10.6 Å². The fourth-order valence-corrected chi connectivity index (χ4v) is 1.54. The first-order chi connectivity index (χ1) is 8.64. The van der Waals surface area contributed by atoms with Crippen LogP contribution in [-0.4, -0.2) is 33.4 Å². The van der Waals surface area contributed by atoms with Crippen LogP contribution in [0.3, 0.4) is 0 Å². The Bertz CT molecular complexity index is 439. The van der Waals surface area contributed by atoms with Crippen LogP contribution in [0.1, 0.15) is 33.1 Å². The van der Waals surface area contributed by atoms with Gasteiger partial charge in [0.2, 0.25) is 5.91 Å². The van der Waals surface area contributed by atoms with Crippen molar-refractivity contribution in [3.05, 3.63) is 18.2 Å². The SMILES string of the molecule is CN(Cc1nccn1C(F)F)C(=O)[C@@H](N)C(C)(C)C. The van der Waals surface area contributed by atoms with E-state index >= 15 is 0 Å². The van der Waals surface area contributed by atoms with Crippen molar-refractivity contribution in [1.82, 2.24) is 14.5 Å². The molecule has 1 atom stereocenters. The monoisotopic (exact) mass is 274 g/mol. The summed E-state index contributed by atoms with van der Waals surface area (Å²) in [5.74, 6) is -0.164. The molecule has 0 saturated heterocycles. The zero-order chi connectivity index (χ0) is 14.8. The molecule has 0 spiro atoms. The minimum absolute atomic E-state index is 0.0000463. The summed E-state index contributed by atoms with van der Waals surface area (Å²) in [5, 5.41) is 0. The Balaban J connectivity index is 2.77. The summed E-state index contributed by atoms with van der Waals surface area (Å²) in [4.78, 5) is 17.2. The zero-order valence-corrected chi connectivity index (χ0v) is 11.6. The quantitative estimate of drug-likeness (QED) is 0.907. The smallest absolute Gasteiger partial charge is 0.319 e. The van der Waals surface area contributed by atoms with Crippen LogP contribution in [0.15, 0.2) is 12.4 Å². The molecule has 19 heavy (non-hydrogen) atoms. The van der Waals surface area contributed by atoms with Gasteiger partial charge in [-0.2, -0.15) is 8.78 Å². The summed E-state index contributed by atoms with van der Waals surface area (Å²) >= 11 is 0. The van der Waals surface area contributed by atoms with Crippen molar-refractivity contribution in [3.63, 3.8) is 0 Å². The summed E-state index contributed by atoms with van der Waals surface area (Å²) in [5.41, 5.74) is 5.47. The van der Waals surface area contributed by atoms with Crippen LogP contribution in [-0.2, 0) is 11.3 Å². The Kier molecular flexibility index (Phi) is 4.62. The highest BCUT2D eigenvalue weighted by Gasteiger charge is 2.30. The highest BCUT2D eigenvalue weighted by atomic mass is 19.3. The molecule has 0 bridgehead atoms. The third-order valence-electron chi connectivity index (χ3n) is 2.91. The van der Waals surface area contributed by atoms with Crippen molar-refractivity contribution < 1.29 is 13.6 Å². The second-order valence-electron chi connectivity index (χ2n) is 5.57. The van der Waals surface area contributed by atoms with E-state index in [-0.39, 0.29) is 23.7 Å². The summed E-state index contributed by atoms with van der Waals surface area (Å²) in [7, 11) is 1.53. The van der Waals surface area contributed by atoms with Gasteiger partial charge >= 0.3 is 6.55 Å². The van der Waals surface area contributed by atoms with Crippen LogP contribution in [0.2, 0.25) is 0 Å². The second kappa shape index (κ2) is 5.64. The molecule has 0 aliphatic heterocycles. The molecular formula is C12H20F2N4O. The van der Waals surface area contributed by atoms with E-state index in [1.165, 1.54) is 24.3 Å². The normalized spacial score (nSPS) is 13.7. The van der Waals surface area contributed by atoms with Crippen molar-refractivity contribution in [3.8, 4) is 0 Å². The van der Waals surface area contributed by atoms with Crippen molar-refractivity contribution in [2.45, 2.75) is 39.9 Å². The van der Waals surface area contributed by atoms with E-state index in [2.05, 4.69) is 4.98 Å². The van der Waals surface area contributed by atoms with Gasteiger partial charge in [0.25, 0.3) is 0 Å². The molecule has 1 aromatic heterocycles. The van der Waals surface area contributed by atoms with Crippen molar-refractivity contribution >= 4 is 5.91 Å². The summed E-state index contributed by atoms with van der Waals surface area (Å²) < 4.78 is 26.0. The minimum Gasteiger partial charge on any atom is -0.337 e. The molecule has 0 aliphatic carbocycles. The molecule has 0 unspecified atom stereocenters. The average molecular weight is 274 g/mol. The molecule has 1 heterocycles. The van der Waals surface area contributed by atoms with E-state index in [0.29, 0.717) is 0 Å². The number of carbonyl (C=O) groups excluding carboxylic acids is 1. The van der Waals surface area contributed by atoms with E-state index in [1.54, 1.807) is 0 Å². The van der Waals surface area contributed by atoms with Gasteiger partial charge in [0.1, 0.15) is 5.82 Å². The molecular weight excluding hydrogens is 254 g/mol. The molecule has 1 aromatic rings. The molecule has 7 heteroatoms. The van der Waals surface area contributed by atoms with E-state index in [9.17, 15) is 13.6 Å². The van der Waals surface area contributed by atoms with E-state index in [1.807, 2.05) is 20.8 Å². The van der Waals surface area contributed by atoms with Gasteiger partial charge in [0.05, 0.1) is 12.6 Å². The van der Waals surface area contributed by atoms with Crippen LogP contribution >= 0.6 is 0 Å². The number of carbonyl (C=O) groups is 1. The Labute approximate surface area is 111 Å². The van der Waals surface area contributed by atoms with Gasteiger partial charge in [-0.1, -0.05) is 20.8 Å².